The Kier molecular flexibility index (Phi) is 7.98. The average Bonchev–Trinajstić information content (AvgIpc) is 3.26. The molecule has 1 atom stereocenters. The summed E-state index contributed by atoms with van der Waals surface area (Å²) in [5.74, 6) is 0.833. The molecule has 186 valence electrons. The number of thioether (sulfide) groups is 1. The summed E-state index contributed by atoms with van der Waals surface area (Å²) in [6.07, 6.45) is 5.64. The van der Waals surface area contributed by atoms with Gasteiger partial charge < -0.3 is 5.32 Å². The fourth-order valence-electron chi connectivity index (χ4n) is 4.76. The minimum atomic E-state index is -0.0138. The number of nitrogens with one attached hydrogen (secondary N) is 1. The highest BCUT2D eigenvalue weighted by Gasteiger charge is 2.18. The molecule has 1 aliphatic heterocycles. The van der Waals surface area contributed by atoms with Gasteiger partial charge in [0.2, 0.25) is 0 Å². The Hall–Kier alpha value is -3.16. The van der Waals surface area contributed by atoms with Gasteiger partial charge in [-0.2, -0.15) is 0 Å². The lowest BCUT2D eigenvalue weighted by Crippen LogP contribution is -2.42. The van der Waals surface area contributed by atoms with E-state index in [1.807, 2.05) is 48.7 Å². The standard InChI is InChI=1S/C29H33N5OS/c1-22-8-5-6-18-33(22)19-17-31-28(35)25-14-12-23(13-15-25)20-34-27-26(11-7-16-30-27)32-29(34)36-21-24-9-3-2-4-10-24/h2-4,7,9-16,22H,5-6,8,17-21H2,1H3,(H,31,35)/t22-/m1/s1. The van der Waals surface area contributed by atoms with Gasteiger partial charge in [0, 0.05) is 36.6 Å². The summed E-state index contributed by atoms with van der Waals surface area (Å²) >= 11 is 1.72. The summed E-state index contributed by atoms with van der Waals surface area (Å²) in [5.41, 5.74) is 4.84. The van der Waals surface area contributed by atoms with Crippen LogP contribution < -0.4 is 5.32 Å². The number of pyridine rings is 1. The van der Waals surface area contributed by atoms with E-state index >= 15 is 0 Å². The van der Waals surface area contributed by atoms with E-state index in [1.165, 1.54) is 24.8 Å². The number of carbonyl (C=O) groups is 1. The molecule has 0 spiro atoms. The molecule has 6 nitrogen and oxygen atoms in total. The third-order valence-electron chi connectivity index (χ3n) is 6.86. The van der Waals surface area contributed by atoms with E-state index in [2.05, 4.69) is 51.0 Å². The van der Waals surface area contributed by atoms with Crippen LogP contribution in [0.5, 0.6) is 0 Å². The second-order valence-corrected chi connectivity index (χ2v) is 10.4. The normalized spacial score (nSPS) is 16.3. The highest BCUT2D eigenvalue weighted by Crippen LogP contribution is 2.27. The van der Waals surface area contributed by atoms with E-state index in [-0.39, 0.29) is 5.91 Å². The first-order chi connectivity index (χ1) is 17.7. The van der Waals surface area contributed by atoms with Gasteiger partial charge in [0.15, 0.2) is 10.8 Å². The number of aromatic nitrogens is 3. The van der Waals surface area contributed by atoms with E-state index in [0.717, 1.165) is 40.7 Å². The quantitative estimate of drug-likeness (QED) is 0.314. The molecule has 2 aromatic carbocycles. The van der Waals surface area contributed by atoms with Gasteiger partial charge in [0.25, 0.3) is 5.91 Å². The Morgan fingerprint density at radius 2 is 1.86 bits per heavy atom. The van der Waals surface area contributed by atoms with Crippen molar-refractivity contribution >= 4 is 28.8 Å². The minimum Gasteiger partial charge on any atom is -0.351 e. The zero-order chi connectivity index (χ0) is 24.7. The third kappa shape index (κ3) is 5.97. The van der Waals surface area contributed by atoms with Crippen LogP contribution in [0.25, 0.3) is 11.2 Å². The number of fused-ring (bicyclic) bond motifs is 1. The van der Waals surface area contributed by atoms with Gasteiger partial charge in [-0.15, -0.1) is 0 Å². The number of hydrogen-bond acceptors (Lipinski definition) is 5. The van der Waals surface area contributed by atoms with Gasteiger partial charge in [0.05, 0.1) is 6.54 Å². The van der Waals surface area contributed by atoms with Gasteiger partial charge in [-0.1, -0.05) is 60.6 Å². The Bertz CT molecular complexity index is 1290. The fourth-order valence-corrected chi connectivity index (χ4v) is 5.72. The Morgan fingerprint density at radius 1 is 1.03 bits per heavy atom. The largest absolute Gasteiger partial charge is 0.351 e. The number of hydrogen-bond donors (Lipinski definition) is 1. The Balaban J connectivity index is 1.23. The number of rotatable bonds is 9. The first-order valence-electron chi connectivity index (χ1n) is 12.8. The van der Waals surface area contributed by atoms with Crippen molar-refractivity contribution in [2.75, 3.05) is 19.6 Å². The molecule has 1 N–H and O–H groups in total. The molecule has 0 radical (unpaired) electrons. The second-order valence-electron chi connectivity index (χ2n) is 9.43. The minimum absolute atomic E-state index is 0.0138. The number of amides is 1. The van der Waals surface area contributed by atoms with E-state index in [4.69, 9.17) is 4.98 Å². The third-order valence-corrected chi connectivity index (χ3v) is 7.91. The van der Waals surface area contributed by atoms with E-state index < -0.39 is 0 Å². The maximum Gasteiger partial charge on any atom is 0.251 e. The maximum absolute atomic E-state index is 12.7. The van der Waals surface area contributed by atoms with Crippen molar-refractivity contribution in [2.45, 2.75) is 49.7 Å². The van der Waals surface area contributed by atoms with Crippen LogP contribution in [0.3, 0.4) is 0 Å². The summed E-state index contributed by atoms with van der Waals surface area (Å²) in [7, 11) is 0. The highest BCUT2D eigenvalue weighted by molar-refractivity contribution is 7.98. The molecule has 1 amide bonds. The first-order valence-corrected chi connectivity index (χ1v) is 13.7. The molecule has 36 heavy (non-hydrogen) atoms. The number of likely N-dealkylation sites (tertiary alicyclic amines) is 1. The van der Waals surface area contributed by atoms with Crippen molar-refractivity contribution in [1.82, 2.24) is 24.8 Å². The molecule has 5 rings (SSSR count). The van der Waals surface area contributed by atoms with Gasteiger partial charge >= 0.3 is 0 Å². The maximum atomic E-state index is 12.7. The summed E-state index contributed by atoms with van der Waals surface area (Å²) < 4.78 is 2.16. The lowest BCUT2D eigenvalue weighted by molar-refractivity contribution is 0.0938. The summed E-state index contributed by atoms with van der Waals surface area (Å²) in [4.78, 5) is 24.6. The fraction of sp³-hybridized carbons (Fsp3) is 0.345. The van der Waals surface area contributed by atoms with Crippen LogP contribution in [0.2, 0.25) is 0 Å². The molecule has 3 heterocycles. The summed E-state index contributed by atoms with van der Waals surface area (Å²) in [5, 5.41) is 4.03. The van der Waals surface area contributed by atoms with Crippen LogP contribution >= 0.6 is 11.8 Å². The average molecular weight is 500 g/mol. The Labute approximate surface area is 217 Å². The lowest BCUT2D eigenvalue weighted by Gasteiger charge is -2.33. The summed E-state index contributed by atoms with van der Waals surface area (Å²) in [6.45, 7) is 5.66. The van der Waals surface area contributed by atoms with Crippen LogP contribution in [-0.2, 0) is 12.3 Å². The number of piperidine rings is 1. The number of benzene rings is 2. The van der Waals surface area contributed by atoms with Crippen LogP contribution in [0.15, 0.2) is 78.1 Å². The van der Waals surface area contributed by atoms with Crippen molar-refractivity contribution in [3.63, 3.8) is 0 Å². The monoisotopic (exact) mass is 499 g/mol. The van der Waals surface area contributed by atoms with Crippen molar-refractivity contribution in [1.29, 1.82) is 0 Å². The molecule has 0 unspecified atom stereocenters. The second kappa shape index (κ2) is 11.7. The molecular weight excluding hydrogens is 466 g/mol. The van der Waals surface area contributed by atoms with Crippen LogP contribution in [0.1, 0.15) is 47.7 Å². The molecule has 0 saturated carbocycles. The van der Waals surface area contributed by atoms with Gasteiger partial charge in [-0.25, -0.2) is 9.97 Å². The molecule has 0 aliphatic carbocycles. The number of nitrogens with zero attached hydrogens (tertiary/aromatic N) is 4. The molecule has 1 aliphatic rings. The topological polar surface area (TPSA) is 63.1 Å². The molecule has 2 aromatic heterocycles. The van der Waals surface area contributed by atoms with Crippen LogP contribution in [0.4, 0.5) is 0 Å². The predicted octanol–water partition coefficient (Wildman–Crippen LogP) is 5.38. The molecule has 4 aromatic rings. The summed E-state index contributed by atoms with van der Waals surface area (Å²) in [6, 6.07) is 22.8. The van der Waals surface area contributed by atoms with Crippen LogP contribution in [0, 0.1) is 0 Å². The SMILES string of the molecule is C[C@@H]1CCCCN1CCNC(=O)c1ccc(Cn2c(SCc3ccccc3)nc3cccnc32)cc1. The van der Waals surface area contributed by atoms with E-state index in [0.29, 0.717) is 24.7 Å². The van der Waals surface area contributed by atoms with E-state index in [1.54, 1.807) is 11.8 Å². The smallest absolute Gasteiger partial charge is 0.251 e. The highest BCUT2D eigenvalue weighted by atomic mass is 32.2. The van der Waals surface area contributed by atoms with Crippen molar-refractivity contribution in [3.05, 3.63) is 89.6 Å². The van der Waals surface area contributed by atoms with Gasteiger partial charge in [-0.05, 0) is 61.7 Å². The molecule has 7 heteroatoms. The van der Waals surface area contributed by atoms with Crippen molar-refractivity contribution in [3.8, 4) is 0 Å². The van der Waals surface area contributed by atoms with E-state index in [9.17, 15) is 4.79 Å². The number of carbonyl (C=O) groups excluding carboxylic acids is 1. The zero-order valence-electron chi connectivity index (χ0n) is 20.8. The van der Waals surface area contributed by atoms with Gasteiger partial charge in [-0.3, -0.25) is 14.3 Å². The first kappa shape index (κ1) is 24.5. The number of imidazole rings is 1. The molecule has 0 bridgehead atoms. The molecule has 1 fully saturated rings. The molecular formula is C29H33N5OS. The van der Waals surface area contributed by atoms with Crippen molar-refractivity contribution < 1.29 is 4.79 Å². The molecule has 1 saturated heterocycles. The van der Waals surface area contributed by atoms with Gasteiger partial charge in [0.1, 0.15) is 5.52 Å². The Morgan fingerprint density at radius 3 is 2.67 bits per heavy atom. The predicted molar refractivity (Wildman–Crippen MR) is 146 cm³/mol. The lowest BCUT2D eigenvalue weighted by atomic mass is 10.0. The van der Waals surface area contributed by atoms with Crippen molar-refractivity contribution in [2.24, 2.45) is 0 Å². The van der Waals surface area contributed by atoms with Crippen LogP contribution in [-0.4, -0.2) is 51.0 Å². The zero-order valence-corrected chi connectivity index (χ0v) is 21.6.